The molecule has 22 heavy (non-hydrogen) atoms. The highest BCUT2D eigenvalue weighted by Gasteiger charge is 2.16. The summed E-state index contributed by atoms with van der Waals surface area (Å²) in [6, 6.07) is 13.1. The van der Waals surface area contributed by atoms with E-state index in [1.807, 2.05) is 6.07 Å². The van der Waals surface area contributed by atoms with Crippen molar-refractivity contribution >= 4 is 16.9 Å². The lowest BCUT2D eigenvalue weighted by molar-refractivity contribution is -0.136. The minimum Gasteiger partial charge on any atom is -0.508 e. The van der Waals surface area contributed by atoms with Gasteiger partial charge < -0.3 is 14.6 Å². The van der Waals surface area contributed by atoms with Crippen molar-refractivity contribution in [3.63, 3.8) is 0 Å². The molecular formula is C17H12O5. The number of phenols is 1. The van der Waals surface area contributed by atoms with Crippen molar-refractivity contribution in [3.8, 4) is 17.1 Å². The van der Waals surface area contributed by atoms with Gasteiger partial charge in [0, 0.05) is 17.2 Å². The third-order valence-electron chi connectivity index (χ3n) is 3.36. The summed E-state index contributed by atoms with van der Waals surface area (Å²) < 4.78 is 5.72. The predicted octanol–water partition coefficient (Wildman–Crippen LogP) is 2.79. The molecule has 110 valence electrons. The molecule has 0 saturated carbocycles. The number of carboxylic acids is 1. The van der Waals surface area contributed by atoms with E-state index >= 15 is 0 Å². The summed E-state index contributed by atoms with van der Waals surface area (Å²) >= 11 is 0. The van der Waals surface area contributed by atoms with E-state index in [2.05, 4.69) is 0 Å². The van der Waals surface area contributed by atoms with Crippen molar-refractivity contribution in [2.75, 3.05) is 0 Å². The molecule has 0 aliphatic rings. The zero-order chi connectivity index (χ0) is 15.7. The SMILES string of the molecule is O=C(O)Cc1c(O)ccc2c(=O)cc(-c3ccccc3)oc12. The quantitative estimate of drug-likeness (QED) is 0.776. The van der Waals surface area contributed by atoms with E-state index in [9.17, 15) is 14.7 Å². The zero-order valence-electron chi connectivity index (χ0n) is 11.4. The van der Waals surface area contributed by atoms with Crippen LogP contribution in [0.4, 0.5) is 0 Å². The molecule has 3 rings (SSSR count). The number of aromatic hydroxyl groups is 1. The molecule has 0 saturated heterocycles. The molecule has 2 aromatic carbocycles. The van der Waals surface area contributed by atoms with Crippen LogP contribution in [0.3, 0.4) is 0 Å². The van der Waals surface area contributed by atoms with Crippen LogP contribution < -0.4 is 5.43 Å². The van der Waals surface area contributed by atoms with E-state index in [1.165, 1.54) is 18.2 Å². The number of carbonyl (C=O) groups is 1. The van der Waals surface area contributed by atoms with E-state index in [0.717, 1.165) is 0 Å². The minimum absolute atomic E-state index is 0.0971. The summed E-state index contributed by atoms with van der Waals surface area (Å²) in [6.45, 7) is 0. The molecule has 0 aliphatic carbocycles. The van der Waals surface area contributed by atoms with Crippen LogP contribution in [0.1, 0.15) is 5.56 Å². The number of hydrogen-bond donors (Lipinski definition) is 2. The van der Waals surface area contributed by atoms with Crippen molar-refractivity contribution < 1.29 is 19.4 Å². The van der Waals surface area contributed by atoms with Crippen LogP contribution >= 0.6 is 0 Å². The first-order valence-corrected chi connectivity index (χ1v) is 6.62. The van der Waals surface area contributed by atoms with E-state index in [-0.39, 0.29) is 27.7 Å². The topological polar surface area (TPSA) is 87.7 Å². The third kappa shape index (κ3) is 2.44. The molecule has 2 N–H and O–H groups in total. The summed E-state index contributed by atoms with van der Waals surface area (Å²) in [5.41, 5.74) is 0.617. The average molecular weight is 296 g/mol. The minimum atomic E-state index is -1.12. The molecule has 5 heteroatoms. The Kier molecular flexibility index (Phi) is 3.39. The van der Waals surface area contributed by atoms with Crippen LogP contribution in [0.2, 0.25) is 0 Å². The van der Waals surface area contributed by atoms with Gasteiger partial charge in [0.25, 0.3) is 0 Å². The van der Waals surface area contributed by atoms with Gasteiger partial charge in [-0.05, 0) is 12.1 Å². The Balaban J connectivity index is 2.32. The Morgan fingerprint density at radius 1 is 1.09 bits per heavy atom. The van der Waals surface area contributed by atoms with Crippen molar-refractivity contribution in [2.45, 2.75) is 6.42 Å². The summed E-state index contributed by atoms with van der Waals surface area (Å²) in [5.74, 6) is -0.992. The summed E-state index contributed by atoms with van der Waals surface area (Å²) in [6.07, 6.45) is -0.426. The van der Waals surface area contributed by atoms with Crippen LogP contribution in [0.15, 0.2) is 57.7 Å². The Morgan fingerprint density at radius 3 is 2.50 bits per heavy atom. The lowest BCUT2D eigenvalue weighted by Gasteiger charge is -2.08. The Morgan fingerprint density at radius 2 is 1.82 bits per heavy atom. The molecule has 1 aromatic heterocycles. The first kappa shape index (κ1) is 13.9. The van der Waals surface area contributed by atoms with E-state index in [0.29, 0.717) is 11.3 Å². The Labute approximate surface area is 125 Å². The van der Waals surface area contributed by atoms with Gasteiger partial charge in [-0.15, -0.1) is 0 Å². The number of rotatable bonds is 3. The summed E-state index contributed by atoms with van der Waals surface area (Å²) in [5, 5.41) is 19.1. The highest BCUT2D eigenvalue weighted by Crippen LogP contribution is 2.29. The van der Waals surface area contributed by atoms with Crippen LogP contribution in [0.25, 0.3) is 22.3 Å². The van der Waals surface area contributed by atoms with Gasteiger partial charge in [-0.3, -0.25) is 9.59 Å². The van der Waals surface area contributed by atoms with Gasteiger partial charge >= 0.3 is 5.97 Å². The molecule has 0 radical (unpaired) electrons. The first-order valence-electron chi connectivity index (χ1n) is 6.62. The van der Waals surface area contributed by atoms with Crippen LogP contribution in [-0.2, 0) is 11.2 Å². The van der Waals surface area contributed by atoms with Crippen LogP contribution in [-0.4, -0.2) is 16.2 Å². The van der Waals surface area contributed by atoms with E-state index in [1.54, 1.807) is 24.3 Å². The van der Waals surface area contributed by atoms with E-state index < -0.39 is 12.4 Å². The standard InChI is InChI=1S/C17H12O5/c18-13-7-6-11-14(19)9-15(10-4-2-1-3-5-10)22-17(11)12(13)8-16(20)21/h1-7,9,18H,8H2,(H,20,21). The fourth-order valence-corrected chi connectivity index (χ4v) is 2.33. The van der Waals surface area contributed by atoms with Gasteiger partial charge in [0.05, 0.1) is 11.8 Å². The second-order valence-electron chi connectivity index (χ2n) is 4.85. The van der Waals surface area contributed by atoms with Gasteiger partial charge in [-0.25, -0.2) is 0 Å². The number of hydrogen-bond acceptors (Lipinski definition) is 4. The molecule has 0 amide bonds. The maximum Gasteiger partial charge on any atom is 0.308 e. The van der Waals surface area contributed by atoms with Gasteiger partial charge in [0.1, 0.15) is 17.1 Å². The molecule has 3 aromatic rings. The maximum atomic E-state index is 12.2. The number of carboxylic acid groups (broad SMARTS) is 1. The molecular weight excluding hydrogens is 284 g/mol. The molecule has 5 nitrogen and oxygen atoms in total. The third-order valence-corrected chi connectivity index (χ3v) is 3.36. The van der Waals surface area contributed by atoms with Crippen LogP contribution in [0.5, 0.6) is 5.75 Å². The van der Waals surface area contributed by atoms with E-state index in [4.69, 9.17) is 9.52 Å². The normalized spacial score (nSPS) is 10.7. The summed E-state index contributed by atoms with van der Waals surface area (Å²) in [4.78, 5) is 23.2. The average Bonchev–Trinajstić information content (AvgIpc) is 2.50. The lowest BCUT2D eigenvalue weighted by atomic mass is 10.1. The Bertz CT molecular complexity index is 909. The zero-order valence-corrected chi connectivity index (χ0v) is 11.4. The van der Waals surface area contributed by atoms with Crippen molar-refractivity contribution in [3.05, 3.63) is 64.3 Å². The highest BCUT2D eigenvalue weighted by molar-refractivity contribution is 5.87. The first-order chi connectivity index (χ1) is 10.6. The van der Waals surface area contributed by atoms with Crippen molar-refractivity contribution in [1.29, 1.82) is 0 Å². The van der Waals surface area contributed by atoms with Crippen molar-refractivity contribution in [2.24, 2.45) is 0 Å². The van der Waals surface area contributed by atoms with Gasteiger partial charge in [0.2, 0.25) is 0 Å². The van der Waals surface area contributed by atoms with Gasteiger partial charge in [0.15, 0.2) is 5.43 Å². The molecule has 0 spiro atoms. The second kappa shape index (κ2) is 5.37. The van der Waals surface area contributed by atoms with Gasteiger partial charge in [-0.2, -0.15) is 0 Å². The summed E-state index contributed by atoms with van der Waals surface area (Å²) in [7, 11) is 0. The van der Waals surface area contributed by atoms with Gasteiger partial charge in [-0.1, -0.05) is 30.3 Å². The number of fused-ring (bicyclic) bond motifs is 1. The lowest BCUT2D eigenvalue weighted by Crippen LogP contribution is -2.05. The highest BCUT2D eigenvalue weighted by atomic mass is 16.4. The molecule has 0 aliphatic heterocycles. The predicted molar refractivity (Wildman–Crippen MR) is 80.9 cm³/mol. The number of aliphatic carboxylic acids is 1. The molecule has 0 unspecified atom stereocenters. The molecule has 0 bridgehead atoms. The smallest absolute Gasteiger partial charge is 0.308 e. The monoisotopic (exact) mass is 296 g/mol. The van der Waals surface area contributed by atoms with Crippen LogP contribution in [0, 0.1) is 0 Å². The fourth-order valence-electron chi connectivity index (χ4n) is 2.33. The van der Waals surface area contributed by atoms with Crippen molar-refractivity contribution in [1.82, 2.24) is 0 Å². The molecule has 0 fully saturated rings. The number of phenolic OH excluding ortho intramolecular Hbond substituents is 1. The molecule has 1 heterocycles. The molecule has 0 atom stereocenters. The largest absolute Gasteiger partial charge is 0.508 e. The fraction of sp³-hybridized carbons (Fsp3) is 0.0588. The number of benzene rings is 2. The Hall–Kier alpha value is -3.08. The second-order valence-corrected chi connectivity index (χ2v) is 4.85. The maximum absolute atomic E-state index is 12.2.